The molecule has 1 aliphatic carbocycles. The molecular formula is C19H23N3S. The second-order valence-corrected chi connectivity index (χ2v) is 8.36. The smallest absolute Gasteiger partial charge is 0.114 e. The van der Waals surface area contributed by atoms with Crippen molar-refractivity contribution < 1.29 is 0 Å². The van der Waals surface area contributed by atoms with E-state index in [0.717, 1.165) is 52.2 Å². The van der Waals surface area contributed by atoms with Crippen LogP contribution in [0.5, 0.6) is 0 Å². The zero-order valence-electron chi connectivity index (χ0n) is 14.3. The summed E-state index contributed by atoms with van der Waals surface area (Å²) in [5.74, 6) is 0. The molecule has 2 aromatic rings. The van der Waals surface area contributed by atoms with Crippen LogP contribution in [0.3, 0.4) is 0 Å². The average molecular weight is 325 g/mol. The summed E-state index contributed by atoms with van der Waals surface area (Å²) in [4.78, 5) is 9.36. The van der Waals surface area contributed by atoms with Gasteiger partial charge in [0.25, 0.3) is 0 Å². The summed E-state index contributed by atoms with van der Waals surface area (Å²) < 4.78 is 1.11. The number of fused-ring (bicyclic) bond motifs is 1. The quantitative estimate of drug-likeness (QED) is 0.735. The Bertz CT molecular complexity index is 798. The fourth-order valence-corrected chi connectivity index (χ4v) is 4.52. The summed E-state index contributed by atoms with van der Waals surface area (Å²) in [6.07, 6.45) is 7.86. The van der Waals surface area contributed by atoms with Gasteiger partial charge in [0.1, 0.15) is 10.4 Å². The standard InChI is InChI=1S/C19H23N3S/c1-5-13(2)15-16-14(6-11-21-15)22-17(23-16)19(12-20)9-7-18(3,4)8-10-19/h5-6,11H,7-10H2,1-4H3/b13-5+. The van der Waals surface area contributed by atoms with Crippen LogP contribution in [-0.2, 0) is 5.41 Å². The van der Waals surface area contributed by atoms with Crippen LogP contribution >= 0.6 is 11.3 Å². The largest absolute Gasteiger partial charge is 0.255 e. The Morgan fingerprint density at radius 2 is 2.00 bits per heavy atom. The van der Waals surface area contributed by atoms with E-state index < -0.39 is 5.41 Å². The first-order valence-electron chi connectivity index (χ1n) is 8.21. The van der Waals surface area contributed by atoms with Gasteiger partial charge in [-0.3, -0.25) is 4.98 Å². The molecule has 4 heteroatoms. The second kappa shape index (κ2) is 5.72. The minimum atomic E-state index is -0.416. The molecule has 0 aromatic carbocycles. The first-order valence-corrected chi connectivity index (χ1v) is 9.03. The fraction of sp³-hybridized carbons (Fsp3) is 0.526. The maximum Gasteiger partial charge on any atom is 0.114 e. The number of hydrogen-bond acceptors (Lipinski definition) is 4. The molecule has 3 nitrogen and oxygen atoms in total. The van der Waals surface area contributed by atoms with Gasteiger partial charge < -0.3 is 0 Å². The van der Waals surface area contributed by atoms with Crippen molar-refractivity contribution in [3.8, 4) is 6.07 Å². The van der Waals surface area contributed by atoms with Crippen LogP contribution in [0.25, 0.3) is 15.8 Å². The molecule has 3 rings (SSSR count). The van der Waals surface area contributed by atoms with E-state index in [2.05, 4.69) is 37.9 Å². The lowest BCUT2D eigenvalue weighted by molar-refractivity contribution is 0.193. The predicted molar refractivity (Wildman–Crippen MR) is 96.3 cm³/mol. The first kappa shape index (κ1) is 16.1. The van der Waals surface area contributed by atoms with Crippen molar-refractivity contribution in [2.24, 2.45) is 5.41 Å². The van der Waals surface area contributed by atoms with E-state index in [1.165, 1.54) is 0 Å². The highest BCUT2D eigenvalue weighted by atomic mass is 32.1. The van der Waals surface area contributed by atoms with Gasteiger partial charge in [-0.2, -0.15) is 5.26 Å². The number of aromatic nitrogens is 2. The second-order valence-electron chi connectivity index (χ2n) is 7.36. The number of thiazole rings is 1. The molecule has 0 amide bonds. The minimum absolute atomic E-state index is 0.339. The molecule has 0 unspecified atom stereocenters. The van der Waals surface area contributed by atoms with Crippen LogP contribution < -0.4 is 0 Å². The van der Waals surface area contributed by atoms with E-state index in [9.17, 15) is 5.26 Å². The molecule has 0 bridgehead atoms. The molecule has 2 aromatic heterocycles. The van der Waals surface area contributed by atoms with Gasteiger partial charge in [-0.25, -0.2) is 4.98 Å². The third-order valence-corrected chi connectivity index (χ3v) is 6.47. The van der Waals surface area contributed by atoms with Gasteiger partial charge >= 0.3 is 0 Å². The molecule has 0 atom stereocenters. The SMILES string of the molecule is C/C=C(\C)c1nccc2nc(C3(C#N)CCC(C)(C)CC3)sc12. The van der Waals surface area contributed by atoms with E-state index in [1.54, 1.807) is 11.3 Å². The summed E-state index contributed by atoms with van der Waals surface area (Å²) in [6.45, 7) is 8.69. The molecule has 1 saturated carbocycles. The Morgan fingerprint density at radius 3 is 2.61 bits per heavy atom. The number of nitriles is 1. The summed E-state index contributed by atoms with van der Waals surface area (Å²) in [6, 6.07) is 4.57. The summed E-state index contributed by atoms with van der Waals surface area (Å²) >= 11 is 1.66. The third kappa shape index (κ3) is 2.79. The van der Waals surface area contributed by atoms with Gasteiger partial charge in [-0.05, 0) is 56.6 Å². The van der Waals surface area contributed by atoms with Crippen molar-refractivity contribution >= 4 is 27.1 Å². The van der Waals surface area contributed by atoms with E-state index in [-0.39, 0.29) is 0 Å². The minimum Gasteiger partial charge on any atom is -0.255 e. The Balaban J connectivity index is 2.09. The number of hydrogen-bond donors (Lipinski definition) is 0. The highest BCUT2D eigenvalue weighted by molar-refractivity contribution is 7.19. The molecule has 0 spiro atoms. The summed E-state index contributed by atoms with van der Waals surface area (Å²) in [5, 5.41) is 10.9. The fourth-order valence-electron chi connectivity index (χ4n) is 3.20. The van der Waals surface area contributed by atoms with Gasteiger partial charge in [0.15, 0.2) is 0 Å². The van der Waals surface area contributed by atoms with Crippen molar-refractivity contribution in [1.29, 1.82) is 5.26 Å². The predicted octanol–water partition coefficient (Wildman–Crippen LogP) is 5.48. The highest BCUT2D eigenvalue weighted by Crippen LogP contribution is 2.48. The molecular weight excluding hydrogens is 302 g/mol. The van der Waals surface area contributed by atoms with Crippen LogP contribution in [0, 0.1) is 16.7 Å². The normalized spacial score (nSPS) is 20.4. The van der Waals surface area contributed by atoms with E-state index in [1.807, 2.05) is 19.2 Å². The Kier molecular flexibility index (Phi) is 4.01. The van der Waals surface area contributed by atoms with Crippen molar-refractivity contribution in [3.05, 3.63) is 29.0 Å². The summed E-state index contributed by atoms with van der Waals surface area (Å²) in [5.41, 5.74) is 3.04. The van der Waals surface area contributed by atoms with Gasteiger partial charge in [0.05, 0.1) is 22.0 Å². The van der Waals surface area contributed by atoms with Crippen LogP contribution in [0.4, 0.5) is 0 Å². The Hall–Kier alpha value is -1.73. The van der Waals surface area contributed by atoms with E-state index in [4.69, 9.17) is 4.98 Å². The van der Waals surface area contributed by atoms with Crippen LogP contribution in [0.2, 0.25) is 0 Å². The molecule has 0 N–H and O–H groups in total. The maximum atomic E-state index is 9.90. The Labute approximate surface area is 142 Å². The lowest BCUT2D eigenvalue weighted by Gasteiger charge is -2.38. The molecule has 0 saturated heterocycles. The van der Waals surface area contributed by atoms with Gasteiger partial charge in [0.2, 0.25) is 0 Å². The maximum absolute atomic E-state index is 9.90. The van der Waals surface area contributed by atoms with Gasteiger partial charge in [0, 0.05) is 6.20 Å². The molecule has 1 aliphatic rings. The van der Waals surface area contributed by atoms with Crippen molar-refractivity contribution in [2.45, 2.75) is 58.8 Å². The topological polar surface area (TPSA) is 49.6 Å². The lowest BCUT2D eigenvalue weighted by Crippen LogP contribution is -2.33. The van der Waals surface area contributed by atoms with Crippen molar-refractivity contribution in [2.75, 3.05) is 0 Å². The monoisotopic (exact) mass is 325 g/mol. The van der Waals surface area contributed by atoms with Crippen LogP contribution in [0.1, 0.15) is 64.1 Å². The van der Waals surface area contributed by atoms with E-state index >= 15 is 0 Å². The Morgan fingerprint density at radius 1 is 1.30 bits per heavy atom. The molecule has 120 valence electrons. The number of pyridine rings is 1. The highest BCUT2D eigenvalue weighted by Gasteiger charge is 2.42. The van der Waals surface area contributed by atoms with Crippen LogP contribution in [0.15, 0.2) is 18.3 Å². The summed E-state index contributed by atoms with van der Waals surface area (Å²) in [7, 11) is 0. The average Bonchev–Trinajstić information content (AvgIpc) is 2.99. The molecule has 2 heterocycles. The lowest BCUT2D eigenvalue weighted by atomic mass is 9.66. The zero-order valence-corrected chi connectivity index (χ0v) is 15.1. The molecule has 1 fully saturated rings. The molecule has 0 aliphatic heterocycles. The van der Waals surface area contributed by atoms with Gasteiger partial charge in [-0.1, -0.05) is 19.9 Å². The molecule has 23 heavy (non-hydrogen) atoms. The third-order valence-electron chi connectivity index (χ3n) is 5.19. The van der Waals surface area contributed by atoms with Crippen molar-refractivity contribution in [1.82, 2.24) is 9.97 Å². The van der Waals surface area contributed by atoms with Crippen LogP contribution in [-0.4, -0.2) is 9.97 Å². The number of allylic oxidation sites excluding steroid dienone is 2. The van der Waals surface area contributed by atoms with Crippen molar-refractivity contribution in [3.63, 3.8) is 0 Å². The van der Waals surface area contributed by atoms with Gasteiger partial charge in [-0.15, -0.1) is 11.3 Å². The number of rotatable bonds is 2. The van der Waals surface area contributed by atoms with E-state index in [0.29, 0.717) is 5.41 Å². The molecule has 0 radical (unpaired) electrons. The number of nitrogens with zero attached hydrogens (tertiary/aromatic N) is 3. The zero-order chi connectivity index (χ0) is 16.7. The first-order chi connectivity index (χ1) is 10.9.